The maximum Gasteiger partial charge on any atom is 0.271 e. The second kappa shape index (κ2) is 7.00. The Balaban J connectivity index is 0.00000200. The maximum atomic E-state index is 12.0. The summed E-state index contributed by atoms with van der Waals surface area (Å²) in [6.45, 7) is 4.15. The Kier molecular flexibility index (Phi) is 6.15. The summed E-state index contributed by atoms with van der Waals surface area (Å²) < 4.78 is 1.05. The molecular formula is C12H15BrClN3OS2. The van der Waals surface area contributed by atoms with E-state index in [2.05, 4.69) is 26.2 Å². The average molecular weight is 397 g/mol. The van der Waals surface area contributed by atoms with Gasteiger partial charge in [0.05, 0.1) is 8.66 Å². The fourth-order valence-electron chi connectivity index (χ4n) is 1.34. The molecule has 0 saturated carbocycles. The summed E-state index contributed by atoms with van der Waals surface area (Å²) in [5, 5.41) is 5.49. The maximum absolute atomic E-state index is 12.0. The van der Waals surface area contributed by atoms with Crippen molar-refractivity contribution in [2.45, 2.75) is 19.4 Å². The molecule has 0 radical (unpaired) electrons. The Morgan fingerprint density at radius 1 is 1.50 bits per heavy atom. The Labute approximate surface area is 140 Å². The number of carbonyl (C=O) groups is 1. The number of nitrogens with one attached hydrogen (secondary N) is 1. The third kappa shape index (κ3) is 4.26. The highest BCUT2D eigenvalue weighted by Crippen LogP contribution is 2.33. The fourth-order valence-corrected chi connectivity index (χ4v) is 3.60. The van der Waals surface area contributed by atoms with E-state index in [1.54, 1.807) is 16.7 Å². The van der Waals surface area contributed by atoms with Crippen LogP contribution in [0.25, 0.3) is 9.88 Å². The van der Waals surface area contributed by atoms with E-state index in [9.17, 15) is 4.79 Å². The van der Waals surface area contributed by atoms with Crippen molar-refractivity contribution in [1.29, 1.82) is 0 Å². The minimum absolute atomic E-state index is 0. The SMILES string of the molecule is CC(C)(CN)NC(=O)c1csc(-c2ccc(Br)s2)n1.Cl. The lowest BCUT2D eigenvalue weighted by Crippen LogP contribution is -2.48. The molecule has 2 aromatic rings. The number of amides is 1. The van der Waals surface area contributed by atoms with Crippen molar-refractivity contribution in [3.8, 4) is 9.88 Å². The number of nitrogens with zero attached hydrogens (tertiary/aromatic N) is 1. The zero-order chi connectivity index (χ0) is 14.0. The monoisotopic (exact) mass is 395 g/mol. The van der Waals surface area contributed by atoms with Crippen molar-refractivity contribution in [3.05, 3.63) is 27.0 Å². The smallest absolute Gasteiger partial charge is 0.271 e. The first-order valence-corrected chi connectivity index (χ1v) is 8.14. The Morgan fingerprint density at radius 2 is 2.20 bits per heavy atom. The van der Waals surface area contributed by atoms with Gasteiger partial charge >= 0.3 is 0 Å². The number of thiazole rings is 1. The summed E-state index contributed by atoms with van der Waals surface area (Å²) in [7, 11) is 0. The van der Waals surface area contributed by atoms with Gasteiger partial charge in [-0.3, -0.25) is 4.79 Å². The van der Waals surface area contributed by atoms with Gasteiger partial charge in [0.15, 0.2) is 0 Å². The van der Waals surface area contributed by atoms with E-state index in [1.165, 1.54) is 11.3 Å². The van der Waals surface area contributed by atoms with Crippen LogP contribution in [0.5, 0.6) is 0 Å². The van der Waals surface area contributed by atoms with Gasteiger partial charge in [-0.05, 0) is 41.9 Å². The Hall–Kier alpha value is -0.470. The molecule has 8 heteroatoms. The summed E-state index contributed by atoms with van der Waals surface area (Å²) in [4.78, 5) is 17.5. The molecule has 0 atom stereocenters. The Bertz CT molecular complexity index is 597. The van der Waals surface area contributed by atoms with Crippen LogP contribution in [-0.4, -0.2) is 23.0 Å². The van der Waals surface area contributed by atoms with Crippen LogP contribution < -0.4 is 11.1 Å². The van der Waals surface area contributed by atoms with Crippen LogP contribution in [0.2, 0.25) is 0 Å². The minimum atomic E-state index is -0.424. The molecule has 0 fully saturated rings. The van der Waals surface area contributed by atoms with Gasteiger partial charge in [-0.1, -0.05) is 0 Å². The van der Waals surface area contributed by atoms with Crippen LogP contribution in [0.3, 0.4) is 0 Å². The van der Waals surface area contributed by atoms with Crippen molar-refractivity contribution >= 4 is 56.9 Å². The van der Waals surface area contributed by atoms with Gasteiger partial charge in [-0.15, -0.1) is 35.1 Å². The minimum Gasteiger partial charge on any atom is -0.345 e. The Morgan fingerprint density at radius 3 is 2.75 bits per heavy atom. The molecule has 0 aliphatic carbocycles. The van der Waals surface area contributed by atoms with Crippen molar-refractivity contribution in [2.75, 3.05) is 6.54 Å². The number of hydrogen-bond acceptors (Lipinski definition) is 5. The first-order chi connectivity index (χ1) is 8.91. The lowest BCUT2D eigenvalue weighted by molar-refractivity contribution is 0.0911. The molecule has 0 saturated heterocycles. The van der Waals surface area contributed by atoms with Crippen LogP contribution in [0.15, 0.2) is 21.3 Å². The number of aromatic nitrogens is 1. The van der Waals surface area contributed by atoms with Crippen LogP contribution in [0.4, 0.5) is 0 Å². The molecule has 3 N–H and O–H groups in total. The molecule has 2 heterocycles. The summed E-state index contributed by atoms with van der Waals surface area (Å²) in [6.07, 6.45) is 0. The van der Waals surface area contributed by atoms with E-state index in [-0.39, 0.29) is 18.3 Å². The van der Waals surface area contributed by atoms with Crippen molar-refractivity contribution in [2.24, 2.45) is 5.73 Å². The first-order valence-electron chi connectivity index (χ1n) is 5.65. The summed E-state index contributed by atoms with van der Waals surface area (Å²) in [6, 6.07) is 3.96. The number of hydrogen-bond donors (Lipinski definition) is 2. The molecule has 0 unspecified atom stereocenters. The summed E-state index contributed by atoms with van der Waals surface area (Å²) in [5.41, 5.74) is 5.61. The lowest BCUT2D eigenvalue weighted by atomic mass is 10.1. The number of carbonyl (C=O) groups excluding carboxylic acids is 1. The molecule has 0 aliphatic heterocycles. The molecule has 20 heavy (non-hydrogen) atoms. The predicted octanol–water partition coefficient (Wildman–Crippen LogP) is 3.52. The van der Waals surface area contributed by atoms with E-state index in [0.717, 1.165) is 13.7 Å². The average Bonchev–Trinajstić information content (AvgIpc) is 2.96. The van der Waals surface area contributed by atoms with Crippen LogP contribution in [-0.2, 0) is 0 Å². The summed E-state index contributed by atoms with van der Waals surface area (Å²) >= 11 is 6.48. The molecule has 0 bridgehead atoms. The third-order valence-electron chi connectivity index (χ3n) is 2.48. The zero-order valence-electron chi connectivity index (χ0n) is 11.0. The molecule has 1 amide bonds. The van der Waals surface area contributed by atoms with Crippen molar-refractivity contribution in [3.63, 3.8) is 0 Å². The van der Waals surface area contributed by atoms with E-state index < -0.39 is 5.54 Å². The van der Waals surface area contributed by atoms with Crippen molar-refractivity contribution in [1.82, 2.24) is 10.3 Å². The quantitative estimate of drug-likeness (QED) is 0.831. The van der Waals surface area contributed by atoms with Gasteiger partial charge in [0.2, 0.25) is 0 Å². The van der Waals surface area contributed by atoms with Gasteiger partial charge in [-0.25, -0.2) is 4.98 Å². The fraction of sp³-hybridized carbons (Fsp3) is 0.333. The molecule has 0 aromatic carbocycles. The third-order valence-corrected chi connectivity index (χ3v) is 5.12. The number of thiophene rings is 1. The molecule has 4 nitrogen and oxygen atoms in total. The van der Waals surface area contributed by atoms with Crippen LogP contribution >= 0.6 is 51.0 Å². The molecular weight excluding hydrogens is 382 g/mol. The van der Waals surface area contributed by atoms with E-state index in [0.29, 0.717) is 12.2 Å². The normalized spacial score (nSPS) is 11.0. The van der Waals surface area contributed by atoms with Gasteiger partial charge in [0.1, 0.15) is 10.7 Å². The molecule has 2 aromatic heterocycles. The molecule has 0 aliphatic rings. The van der Waals surface area contributed by atoms with Gasteiger partial charge in [-0.2, -0.15) is 0 Å². The number of halogens is 2. The summed E-state index contributed by atoms with van der Waals surface area (Å²) in [5.74, 6) is -0.187. The van der Waals surface area contributed by atoms with Crippen LogP contribution in [0.1, 0.15) is 24.3 Å². The van der Waals surface area contributed by atoms with E-state index in [1.807, 2.05) is 26.0 Å². The predicted molar refractivity (Wildman–Crippen MR) is 91.0 cm³/mol. The highest BCUT2D eigenvalue weighted by molar-refractivity contribution is 9.11. The number of rotatable bonds is 4. The van der Waals surface area contributed by atoms with Gasteiger partial charge in [0.25, 0.3) is 5.91 Å². The topological polar surface area (TPSA) is 68.0 Å². The van der Waals surface area contributed by atoms with Gasteiger partial charge in [0, 0.05) is 17.5 Å². The standard InChI is InChI=1S/C12H14BrN3OS2.ClH/c1-12(2,6-14)16-10(17)7-5-18-11(15-7)8-3-4-9(13)19-8;/h3-5H,6,14H2,1-2H3,(H,16,17);1H. The first kappa shape index (κ1) is 17.6. The second-order valence-electron chi connectivity index (χ2n) is 4.68. The molecule has 2 rings (SSSR count). The highest BCUT2D eigenvalue weighted by atomic mass is 79.9. The zero-order valence-corrected chi connectivity index (χ0v) is 15.0. The van der Waals surface area contributed by atoms with E-state index in [4.69, 9.17) is 5.73 Å². The molecule has 0 spiro atoms. The largest absolute Gasteiger partial charge is 0.345 e. The van der Waals surface area contributed by atoms with Crippen molar-refractivity contribution < 1.29 is 4.79 Å². The molecule has 110 valence electrons. The van der Waals surface area contributed by atoms with E-state index >= 15 is 0 Å². The number of nitrogens with two attached hydrogens (primary N) is 1. The van der Waals surface area contributed by atoms with Gasteiger partial charge < -0.3 is 11.1 Å². The highest BCUT2D eigenvalue weighted by Gasteiger charge is 2.21. The van der Waals surface area contributed by atoms with Crippen LogP contribution in [0, 0.1) is 0 Å². The second-order valence-corrected chi connectivity index (χ2v) is 8.00. The lowest BCUT2D eigenvalue weighted by Gasteiger charge is -2.23.